The minimum atomic E-state index is -0.513. The minimum absolute atomic E-state index is 0.212. The van der Waals surface area contributed by atoms with E-state index in [1.54, 1.807) is 0 Å². The minimum Gasteiger partial charge on any atom is -0.465 e. The van der Waals surface area contributed by atoms with Crippen molar-refractivity contribution in [2.24, 2.45) is 0 Å². The molecule has 0 aliphatic rings. The lowest BCUT2D eigenvalue weighted by atomic mass is 10.2. The average molecular weight is 359 g/mol. The quantitative estimate of drug-likeness (QED) is 0.810. The molecular formula is C15H10Cl3NO3. The van der Waals surface area contributed by atoms with Crippen molar-refractivity contribution in [2.75, 3.05) is 12.4 Å². The van der Waals surface area contributed by atoms with Crippen LogP contribution in [0.2, 0.25) is 15.1 Å². The first-order valence-electron chi connectivity index (χ1n) is 6.06. The molecule has 114 valence electrons. The molecule has 7 heteroatoms. The lowest BCUT2D eigenvalue weighted by Gasteiger charge is -2.09. The number of carbonyl (C=O) groups is 2. The zero-order valence-corrected chi connectivity index (χ0v) is 13.6. The van der Waals surface area contributed by atoms with Crippen LogP contribution in [0.4, 0.5) is 5.69 Å². The first-order chi connectivity index (χ1) is 10.4. The molecule has 0 bridgehead atoms. The topological polar surface area (TPSA) is 55.4 Å². The molecule has 0 atom stereocenters. The van der Waals surface area contributed by atoms with E-state index in [0.717, 1.165) is 0 Å². The van der Waals surface area contributed by atoms with Crippen molar-refractivity contribution < 1.29 is 14.3 Å². The summed E-state index contributed by atoms with van der Waals surface area (Å²) in [5, 5.41) is 3.54. The summed E-state index contributed by atoms with van der Waals surface area (Å²) in [7, 11) is 1.27. The molecule has 0 aliphatic carbocycles. The number of amides is 1. The Bertz CT molecular complexity index is 727. The number of benzene rings is 2. The third-order valence-corrected chi connectivity index (χ3v) is 3.51. The molecule has 0 spiro atoms. The maximum absolute atomic E-state index is 12.2. The third-order valence-electron chi connectivity index (χ3n) is 2.76. The summed E-state index contributed by atoms with van der Waals surface area (Å²) >= 11 is 17.8. The number of nitrogens with one attached hydrogen (secondary N) is 1. The Morgan fingerprint density at radius 1 is 0.955 bits per heavy atom. The van der Waals surface area contributed by atoms with Crippen LogP contribution in [0.3, 0.4) is 0 Å². The van der Waals surface area contributed by atoms with Gasteiger partial charge in [0.1, 0.15) is 0 Å². The van der Waals surface area contributed by atoms with Crippen molar-refractivity contribution in [1.29, 1.82) is 0 Å². The Hall–Kier alpha value is -1.75. The first kappa shape index (κ1) is 16.6. The summed E-state index contributed by atoms with van der Waals surface area (Å²) < 4.78 is 4.59. The van der Waals surface area contributed by atoms with Gasteiger partial charge in [-0.3, -0.25) is 4.79 Å². The molecule has 0 fully saturated rings. The first-order valence-corrected chi connectivity index (χ1v) is 7.19. The molecule has 1 amide bonds. The highest BCUT2D eigenvalue weighted by molar-refractivity contribution is 6.36. The van der Waals surface area contributed by atoms with E-state index < -0.39 is 11.9 Å². The Labute approximate surface area is 141 Å². The summed E-state index contributed by atoms with van der Waals surface area (Å²) in [4.78, 5) is 23.6. The fourth-order valence-electron chi connectivity index (χ4n) is 1.74. The molecule has 1 N–H and O–H groups in total. The molecule has 4 nitrogen and oxygen atoms in total. The van der Waals surface area contributed by atoms with E-state index in [4.69, 9.17) is 34.8 Å². The van der Waals surface area contributed by atoms with Crippen molar-refractivity contribution in [1.82, 2.24) is 0 Å². The normalized spacial score (nSPS) is 10.2. The van der Waals surface area contributed by atoms with Crippen molar-refractivity contribution in [3.05, 3.63) is 62.6 Å². The van der Waals surface area contributed by atoms with Crippen LogP contribution in [-0.2, 0) is 4.74 Å². The predicted octanol–water partition coefficient (Wildman–Crippen LogP) is 4.69. The Kier molecular flexibility index (Phi) is 5.29. The number of hydrogen-bond donors (Lipinski definition) is 1. The lowest BCUT2D eigenvalue weighted by molar-refractivity contribution is 0.0600. The van der Waals surface area contributed by atoms with Gasteiger partial charge in [-0.15, -0.1) is 0 Å². The maximum Gasteiger partial charge on any atom is 0.337 e. The molecular weight excluding hydrogens is 349 g/mol. The van der Waals surface area contributed by atoms with Gasteiger partial charge in [0.25, 0.3) is 5.91 Å². The van der Waals surface area contributed by atoms with Crippen molar-refractivity contribution in [2.45, 2.75) is 0 Å². The molecule has 0 saturated heterocycles. The number of halogens is 3. The molecule has 0 saturated carbocycles. The van der Waals surface area contributed by atoms with E-state index in [9.17, 15) is 9.59 Å². The second-order valence-corrected chi connectivity index (χ2v) is 5.58. The van der Waals surface area contributed by atoms with Gasteiger partial charge in [0.05, 0.1) is 23.4 Å². The number of anilines is 1. The fraction of sp³-hybridized carbons (Fsp3) is 0.0667. The third kappa shape index (κ3) is 3.91. The van der Waals surface area contributed by atoms with Gasteiger partial charge in [-0.1, -0.05) is 34.8 Å². The molecule has 2 aromatic rings. The zero-order valence-electron chi connectivity index (χ0n) is 11.3. The molecule has 0 unspecified atom stereocenters. The van der Waals surface area contributed by atoms with Crippen molar-refractivity contribution in [3.8, 4) is 0 Å². The second-order valence-electron chi connectivity index (χ2n) is 4.30. The summed E-state index contributed by atoms with van der Waals surface area (Å²) in [6.07, 6.45) is 0. The van der Waals surface area contributed by atoms with Crippen LogP contribution in [0.1, 0.15) is 20.7 Å². The van der Waals surface area contributed by atoms with E-state index in [1.807, 2.05) is 0 Å². The van der Waals surface area contributed by atoms with E-state index in [1.165, 1.54) is 43.5 Å². The summed E-state index contributed by atoms with van der Waals surface area (Å²) in [6.45, 7) is 0. The Morgan fingerprint density at radius 2 is 1.59 bits per heavy atom. The predicted molar refractivity (Wildman–Crippen MR) is 87.2 cm³/mol. The molecule has 22 heavy (non-hydrogen) atoms. The van der Waals surface area contributed by atoms with Gasteiger partial charge in [-0.05, 0) is 36.4 Å². The number of esters is 1. The standard InChI is InChI=1S/C15H10Cl3NO3/c1-22-15(21)8-2-3-13(12(18)6-8)19-14(20)9-4-10(16)7-11(17)5-9/h2-7H,1H3,(H,19,20). The zero-order chi connectivity index (χ0) is 16.3. The number of methoxy groups -OCH3 is 1. The number of carbonyl (C=O) groups excluding carboxylic acids is 2. The smallest absolute Gasteiger partial charge is 0.337 e. The highest BCUT2D eigenvalue weighted by Crippen LogP contribution is 2.25. The van der Waals surface area contributed by atoms with Gasteiger partial charge < -0.3 is 10.1 Å². The van der Waals surface area contributed by atoms with Gasteiger partial charge in [0.2, 0.25) is 0 Å². The van der Waals surface area contributed by atoms with Crippen LogP contribution in [0.25, 0.3) is 0 Å². The summed E-state index contributed by atoms with van der Waals surface area (Å²) in [5.41, 5.74) is 0.942. The highest BCUT2D eigenvalue weighted by Gasteiger charge is 2.13. The van der Waals surface area contributed by atoms with Crippen LogP contribution >= 0.6 is 34.8 Å². The van der Waals surface area contributed by atoms with Gasteiger partial charge in [-0.25, -0.2) is 4.79 Å². The van der Waals surface area contributed by atoms with E-state index in [0.29, 0.717) is 21.3 Å². The van der Waals surface area contributed by atoms with Crippen LogP contribution in [0.15, 0.2) is 36.4 Å². The monoisotopic (exact) mass is 357 g/mol. The van der Waals surface area contributed by atoms with Gasteiger partial charge in [0.15, 0.2) is 0 Å². The van der Waals surface area contributed by atoms with Gasteiger partial charge in [-0.2, -0.15) is 0 Å². The van der Waals surface area contributed by atoms with E-state index in [2.05, 4.69) is 10.1 Å². The Balaban J connectivity index is 2.23. The Morgan fingerprint density at radius 3 is 2.14 bits per heavy atom. The molecule has 0 heterocycles. The van der Waals surface area contributed by atoms with E-state index >= 15 is 0 Å². The van der Waals surface area contributed by atoms with Crippen molar-refractivity contribution >= 4 is 52.4 Å². The molecule has 2 aromatic carbocycles. The lowest BCUT2D eigenvalue weighted by Crippen LogP contribution is -2.12. The molecule has 0 radical (unpaired) electrons. The largest absolute Gasteiger partial charge is 0.465 e. The van der Waals surface area contributed by atoms with Gasteiger partial charge in [0, 0.05) is 15.6 Å². The van der Waals surface area contributed by atoms with E-state index in [-0.39, 0.29) is 10.6 Å². The van der Waals surface area contributed by atoms with Crippen LogP contribution in [0, 0.1) is 0 Å². The average Bonchev–Trinajstić information content (AvgIpc) is 2.47. The molecule has 0 aliphatic heterocycles. The molecule has 2 rings (SSSR count). The summed E-state index contributed by atoms with van der Waals surface area (Å²) in [5.74, 6) is -0.932. The van der Waals surface area contributed by atoms with Crippen LogP contribution in [-0.4, -0.2) is 19.0 Å². The number of hydrogen-bond acceptors (Lipinski definition) is 3. The van der Waals surface area contributed by atoms with Crippen molar-refractivity contribution in [3.63, 3.8) is 0 Å². The van der Waals surface area contributed by atoms with Crippen LogP contribution in [0.5, 0.6) is 0 Å². The SMILES string of the molecule is COC(=O)c1ccc(NC(=O)c2cc(Cl)cc(Cl)c2)c(Cl)c1. The summed E-state index contributed by atoms with van der Waals surface area (Å²) in [6, 6.07) is 8.92. The van der Waals surface area contributed by atoms with Crippen LogP contribution < -0.4 is 5.32 Å². The number of rotatable bonds is 3. The maximum atomic E-state index is 12.2. The molecule has 0 aromatic heterocycles. The second kappa shape index (κ2) is 7.01. The highest BCUT2D eigenvalue weighted by atomic mass is 35.5. The number of ether oxygens (including phenoxy) is 1. The van der Waals surface area contributed by atoms with Gasteiger partial charge >= 0.3 is 5.97 Å². The fourth-order valence-corrected chi connectivity index (χ4v) is 2.49.